The first-order valence-electron chi connectivity index (χ1n) is 4.53. The van der Waals surface area contributed by atoms with E-state index in [1.165, 1.54) is 0 Å². The second-order valence-corrected chi connectivity index (χ2v) is 3.03. The summed E-state index contributed by atoms with van der Waals surface area (Å²) in [5.74, 6) is 0. The number of ether oxygens (including phenoxy) is 1. The number of rotatable bonds is 2. The first kappa shape index (κ1) is 8.81. The molecule has 1 amide bonds. The summed E-state index contributed by atoms with van der Waals surface area (Å²) >= 11 is 0. The van der Waals surface area contributed by atoms with E-state index < -0.39 is 0 Å². The minimum absolute atomic E-state index is 0.266. The first-order valence-corrected chi connectivity index (χ1v) is 4.53. The van der Waals surface area contributed by atoms with Gasteiger partial charge in [-0.15, -0.1) is 0 Å². The lowest BCUT2D eigenvalue weighted by Gasteiger charge is -2.04. The highest BCUT2D eigenvalue weighted by molar-refractivity contribution is 5.71. The van der Waals surface area contributed by atoms with Crippen LogP contribution in [0.3, 0.4) is 0 Å². The molecule has 3 nitrogen and oxygen atoms in total. The van der Waals surface area contributed by atoms with Gasteiger partial charge in [0, 0.05) is 6.20 Å². The molecule has 1 saturated heterocycles. The molecule has 0 N–H and O–H groups in total. The number of carbonyl (C=O) groups is 1. The van der Waals surface area contributed by atoms with Crippen molar-refractivity contribution in [3.63, 3.8) is 0 Å². The fraction of sp³-hybridized carbons (Fsp3) is 0.182. The Labute approximate surface area is 82.6 Å². The van der Waals surface area contributed by atoms with Gasteiger partial charge in [0.25, 0.3) is 0 Å². The van der Waals surface area contributed by atoms with Gasteiger partial charge in [-0.2, -0.15) is 0 Å². The smallest absolute Gasteiger partial charge is 0.413 e. The summed E-state index contributed by atoms with van der Waals surface area (Å²) in [4.78, 5) is 12.6. The van der Waals surface area contributed by atoms with Crippen LogP contribution in [0.4, 0.5) is 4.79 Å². The summed E-state index contributed by atoms with van der Waals surface area (Å²) in [6, 6.07) is 9.85. The van der Waals surface area contributed by atoms with E-state index in [0.29, 0.717) is 13.2 Å². The van der Waals surface area contributed by atoms with Crippen molar-refractivity contribution in [2.45, 2.75) is 0 Å². The van der Waals surface area contributed by atoms with Crippen LogP contribution >= 0.6 is 0 Å². The average molecular weight is 189 g/mol. The molecular formula is C11H11NO2. The predicted octanol–water partition coefficient (Wildman–Crippen LogP) is 2.11. The third kappa shape index (κ3) is 1.93. The lowest BCUT2D eigenvalue weighted by atomic mass is 10.2. The van der Waals surface area contributed by atoms with Gasteiger partial charge in [-0.25, -0.2) is 4.79 Å². The van der Waals surface area contributed by atoms with Gasteiger partial charge in [-0.05, 0) is 11.6 Å². The molecule has 1 aromatic carbocycles. The maximum Gasteiger partial charge on any atom is 0.413 e. The molecule has 1 heterocycles. The molecule has 0 radical (unpaired) electrons. The Hall–Kier alpha value is -1.77. The van der Waals surface area contributed by atoms with Crippen LogP contribution in [0, 0.1) is 0 Å². The highest BCUT2D eigenvalue weighted by atomic mass is 16.6. The van der Waals surface area contributed by atoms with Gasteiger partial charge < -0.3 is 4.74 Å². The standard InChI is InChI=1S/C11H11NO2/c13-11-12(8-9-14-11)7-6-10-4-2-1-3-5-10/h1-7H,8-9H2/b7-6-. The van der Waals surface area contributed by atoms with E-state index in [2.05, 4.69) is 0 Å². The lowest BCUT2D eigenvalue weighted by Crippen LogP contribution is -2.16. The Morgan fingerprint density at radius 1 is 1.29 bits per heavy atom. The third-order valence-electron chi connectivity index (χ3n) is 2.04. The van der Waals surface area contributed by atoms with Crippen LogP contribution in [0.1, 0.15) is 5.56 Å². The Morgan fingerprint density at radius 3 is 2.71 bits per heavy atom. The highest BCUT2D eigenvalue weighted by Crippen LogP contribution is 2.07. The number of amides is 1. The number of benzene rings is 1. The predicted molar refractivity (Wildman–Crippen MR) is 53.5 cm³/mol. The van der Waals surface area contributed by atoms with Crippen molar-refractivity contribution in [1.82, 2.24) is 4.90 Å². The van der Waals surface area contributed by atoms with Crippen molar-refractivity contribution in [2.75, 3.05) is 13.2 Å². The van der Waals surface area contributed by atoms with Crippen molar-refractivity contribution in [1.29, 1.82) is 0 Å². The second-order valence-electron chi connectivity index (χ2n) is 3.03. The minimum atomic E-state index is -0.266. The Bertz CT molecular complexity index is 346. The average Bonchev–Trinajstić information content (AvgIpc) is 2.63. The van der Waals surface area contributed by atoms with Gasteiger partial charge in [-0.3, -0.25) is 4.90 Å². The Balaban J connectivity index is 2.03. The molecule has 0 bridgehead atoms. The maximum absolute atomic E-state index is 11.0. The zero-order valence-corrected chi connectivity index (χ0v) is 7.72. The van der Waals surface area contributed by atoms with E-state index in [0.717, 1.165) is 5.56 Å². The molecule has 14 heavy (non-hydrogen) atoms. The molecule has 2 rings (SSSR count). The molecule has 0 saturated carbocycles. The van der Waals surface area contributed by atoms with E-state index in [9.17, 15) is 4.79 Å². The molecule has 0 spiro atoms. The van der Waals surface area contributed by atoms with Crippen LogP contribution in [0.15, 0.2) is 36.5 Å². The van der Waals surface area contributed by atoms with Crippen molar-refractivity contribution < 1.29 is 9.53 Å². The molecule has 0 atom stereocenters. The summed E-state index contributed by atoms with van der Waals surface area (Å²) in [6.07, 6.45) is 3.38. The Kier molecular flexibility index (Phi) is 2.49. The van der Waals surface area contributed by atoms with Crippen LogP contribution in [0.25, 0.3) is 6.08 Å². The van der Waals surface area contributed by atoms with Gasteiger partial charge in [0.05, 0.1) is 6.54 Å². The SMILES string of the molecule is O=C1OCCN1/C=C\c1ccccc1. The summed E-state index contributed by atoms with van der Waals surface area (Å²) < 4.78 is 4.79. The summed E-state index contributed by atoms with van der Waals surface area (Å²) in [6.45, 7) is 1.13. The first-order chi connectivity index (χ1) is 6.86. The van der Waals surface area contributed by atoms with Gasteiger partial charge in [0.2, 0.25) is 0 Å². The van der Waals surface area contributed by atoms with Crippen LogP contribution < -0.4 is 0 Å². The lowest BCUT2D eigenvalue weighted by molar-refractivity contribution is 0.166. The highest BCUT2D eigenvalue weighted by Gasteiger charge is 2.18. The minimum Gasteiger partial charge on any atom is -0.447 e. The molecule has 1 aliphatic heterocycles. The fourth-order valence-corrected chi connectivity index (χ4v) is 1.28. The van der Waals surface area contributed by atoms with Gasteiger partial charge in [-0.1, -0.05) is 30.3 Å². The summed E-state index contributed by atoms with van der Waals surface area (Å²) in [5, 5.41) is 0. The van der Waals surface area contributed by atoms with Crippen LogP contribution in [0.5, 0.6) is 0 Å². The van der Waals surface area contributed by atoms with Crippen molar-refractivity contribution >= 4 is 12.2 Å². The number of carbonyl (C=O) groups excluding carboxylic acids is 1. The second kappa shape index (κ2) is 3.96. The van der Waals surface area contributed by atoms with Gasteiger partial charge in [0.15, 0.2) is 0 Å². The molecule has 3 heteroatoms. The third-order valence-corrected chi connectivity index (χ3v) is 2.04. The normalized spacial score (nSPS) is 16.3. The van der Waals surface area contributed by atoms with E-state index in [4.69, 9.17) is 4.74 Å². The summed E-state index contributed by atoms with van der Waals surface area (Å²) in [7, 11) is 0. The largest absolute Gasteiger partial charge is 0.447 e. The zero-order chi connectivity index (χ0) is 9.80. The molecule has 0 aromatic heterocycles. The van der Waals surface area contributed by atoms with Crippen molar-refractivity contribution in [3.05, 3.63) is 42.1 Å². The fourth-order valence-electron chi connectivity index (χ4n) is 1.28. The molecular weight excluding hydrogens is 178 g/mol. The number of nitrogens with zero attached hydrogens (tertiary/aromatic N) is 1. The molecule has 1 aromatic rings. The van der Waals surface area contributed by atoms with Crippen LogP contribution in [0.2, 0.25) is 0 Å². The maximum atomic E-state index is 11.0. The molecule has 1 aliphatic rings. The number of hydrogen-bond donors (Lipinski definition) is 0. The number of cyclic esters (lactones) is 1. The van der Waals surface area contributed by atoms with Gasteiger partial charge in [0.1, 0.15) is 6.61 Å². The van der Waals surface area contributed by atoms with E-state index in [1.807, 2.05) is 36.4 Å². The summed E-state index contributed by atoms with van der Waals surface area (Å²) in [5.41, 5.74) is 1.08. The van der Waals surface area contributed by atoms with Crippen LogP contribution in [-0.2, 0) is 4.74 Å². The number of hydrogen-bond acceptors (Lipinski definition) is 2. The molecule has 72 valence electrons. The van der Waals surface area contributed by atoms with Crippen LogP contribution in [-0.4, -0.2) is 24.1 Å². The van der Waals surface area contributed by atoms with E-state index in [1.54, 1.807) is 11.1 Å². The zero-order valence-electron chi connectivity index (χ0n) is 7.72. The topological polar surface area (TPSA) is 29.5 Å². The molecule has 1 fully saturated rings. The molecule has 0 aliphatic carbocycles. The Morgan fingerprint density at radius 2 is 2.07 bits per heavy atom. The molecule has 0 unspecified atom stereocenters. The van der Waals surface area contributed by atoms with E-state index in [-0.39, 0.29) is 6.09 Å². The monoisotopic (exact) mass is 189 g/mol. The van der Waals surface area contributed by atoms with Crippen molar-refractivity contribution in [3.8, 4) is 0 Å². The van der Waals surface area contributed by atoms with Gasteiger partial charge >= 0.3 is 6.09 Å². The van der Waals surface area contributed by atoms with E-state index >= 15 is 0 Å². The quantitative estimate of drug-likeness (QED) is 0.713. The van der Waals surface area contributed by atoms with Crippen molar-refractivity contribution in [2.24, 2.45) is 0 Å².